The van der Waals surface area contributed by atoms with Gasteiger partial charge in [0, 0.05) is 12.8 Å². The van der Waals surface area contributed by atoms with E-state index in [1.165, 1.54) is 55.1 Å². The molecular formula is C24H34N4O2S. The minimum atomic E-state index is -0.433. The molecule has 0 atom stereocenters. The van der Waals surface area contributed by atoms with Gasteiger partial charge in [-0.3, -0.25) is 14.3 Å². The summed E-state index contributed by atoms with van der Waals surface area (Å²) in [5.74, 6) is 0.956. The van der Waals surface area contributed by atoms with Crippen molar-refractivity contribution < 1.29 is 0 Å². The SMILES string of the molecule is CCCCCCCCCCSc1nc2c(c(=O)[nH]c(=O)n2C)n1Cc1ccc(C)cc1. The number of nitrogens with one attached hydrogen (secondary N) is 1. The number of H-pyrrole nitrogens is 1. The molecule has 0 saturated carbocycles. The van der Waals surface area contributed by atoms with Crippen LogP contribution in [0.2, 0.25) is 0 Å². The molecule has 1 aromatic carbocycles. The van der Waals surface area contributed by atoms with E-state index in [0.717, 1.165) is 22.9 Å². The quantitative estimate of drug-likeness (QED) is 0.316. The van der Waals surface area contributed by atoms with E-state index in [-0.39, 0.29) is 5.56 Å². The maximum absolute atomic E-state index is 12.6. The van der Waals surface area contributed by atoms with Gasteiger partial charge in [-0.1, -0.05) is 93.5 Å². The monoisotopic (exact) mass is 442 g/mol. The summed E-state index contributed by atoms with van der Waals surface area (Å²) in [7, 11) is 1.65. The van der Waals surface area contributed by atoms with E-state index in [2.05, 4.69) is 48.1 Å². The molecule has 3 rings (SSSR count). The predicted octanol–water partition coefficient (Wildman–Crippen LogP) is 5.01. The third-order valence-corrected chi connectivity index (χ3v) is 6.73. The summed E-state index contributed by atoms with van der Waals surface area (Å²) < 4.78 is 3.37. The summed E-state index contributed by atoms with van der Waals surface area (Å²) in [6, 6.07) is 8.29. The Morgan fingerprint density at radius 3 is 2.29 bits per heavy atom. The molecule has 0 aliphatic carbocycles. The van der Waals surface area contributed by atoms with Crippen molar-refractivity contribution in [3.8, 4) is 0 Å². The lowest BCUT2D eigenvalue weighted by Crippen LogP contribution is -2.29. The smallest absolute Gasteiger partial charge is 0.309 e. The van der Waals surface area contributed by atoms with Crippen LogP contribution < -0.4 is 11.2 Å². The molecule has 0 aliphatic heterocycles. The molecule has 0 unspecified atom stereocenters. The Labute approximate surface area is 188 Å². The molecule has 0 aliphatic rings. The van der Waals surface area contributed by atoms with E-state index in [1.807, 2.05) is 4.57 Å². The van der Waals surface area contributed by atoms with E-state index in [9.17, 15) is 9.59 Å². The van der Waals surface area contributed by atoms with E-state index in [0.29, 0.717) is 17.7 Å². The molecular weight excluding hydrogens is 408 g/mol. The predicted molar refractivity (Wildman–Crippen MR) is 129 cm³/mol. The van der Waals surface area contributed by atoms with Crippen molar-refractivity contribution in [1.29, 1.82) is 0 Å². The van der Waals surface area contributed by atoms with Crippen molar-refractivity contribution in [3.63, 3.8) is 0 Å². The molecule has 0 amide bonds. The third-order valence-electron chi connectivity index (χ3n) is 5.66. The van der Waals surface area contributed by atoms with Gasteiger partial charge < -0.3 is 4.57 Å². The first-order valence-corrected chi connectivity index (χ1v) is 12.4. The molecule has 7 heteroatoms. The molecule has 0 radical (unpaired) electrons. The van der Waals surface area contributed by atoms with Crippen molar-refractivity contribution in [2.75, 3.05) is 5.75 Å². The zero-order chi connectivity index (χ0) is 22.2. The Hall–Kier alpha value is -2.28. The van der Waals surface area contributed by atoms with Crippen LogP contribution in [0.1, 0.15) is 69.4 Å². The molecule has 2 aromatic heterocycles. The summed E-state index contributed by atoms with van der Waals surface area (Å²) in [6.45, 7) is 4.86. The van der Waals surface area contributed by atoms with Crippen molar-refractivity contribution >= 4 is 22.9 Å². The molecule has 168 valence electrons. The van der Waals surface area contributed by atoms with Gasteiger partial charge >= 0.3 is 5.69 Å². The highest BCUT2D eigenvalue weighted by atomic mass is 32.2. The van der Waals surface area contributed by atoms with Gasteiger partial charge in [0.15, 0.2) is 16.3 Å². The molecule has 3 aromatic rings. The lowest BCUT2D eigenvalue weighted by atomic mass is 10.1. The highest BCUT2D eigenvalue weighted by Gasteiger charge is 2.17. The molecule has 0 bridgehead atoms. The van der Waals surface area contributed by atoms with Crippen LogP contribution in [-0.4, -0.2) is 24.9 Å². The van der Waals surface area contributed by atoms with Crippen molar-refractivity contribution in [1.82, 2.24) is 19.1 Å². The highest BCUT2D eigenvalue weighted by Crippen LogP contribution is 2.24. The van der Waals surface area contributed by atoms with Crippen LogP contribution in [0, 0.1) is 6.92 Å². The van der Waals surface area contributed by atoms with Crippen LogP contribution in [0.15, 0.2) is 39.0 Å². The highest BCUT2D eigenvalue weighted by molar-refractivity contribution is 7.99. The first-order valence-electron chi connectivity index (χ1n) is 11.4. The fourth-order valence-corrected chi connectivity index (χ4v) is 4.74. The maximum Gasteiger partial charge on any atom is 0.329 e. The van der Waals surface area contributed by atoms with E-state index >= 15 is 0 Å². The van der Waals surface area contributed by atoms with Gasteiger partial charge in [-0.25, -0.2) is 9.78 Å². The fourth-order valence-electron chi connectivity index (χ4n) is 3.75. The zero-order valence-electron chi connectivity index (χ0n) is 18.9. The Morgan fingerprint density at radius 2 is 1.61 bits per heavy atom. The van der Waals surface area contributed by atoms with Crippen LogP contribution in [0.3, 0.4) is 0 Å². The zero-order valence-corrected chi connectivity index (χ0v) is 19.8. The molecule has 2 heterocycles. The molecule has 0 spiro atoms. The minimum absolute atomic E-state index is 0.378. The van der Waals surface area contributed by atoms with Crippen LogP contribution in [0.5, 0.6) is 0 Å². The number of thioether (sulfide) groups is 1. The lowest BCUT2D eigenvalue weighted by molar-refractivity contribution is 0.586. The molecule has 6 nitrogen and oxygen atoms in total. The van der Waals surface area contributed by atoms with E-state index in [1.54, 1.807) is 18.8 Å². The lowest BCUT2D eigenvalue weighted by Gasteiger charge is -2.09. The van der Waals surface area contributed by atoms with Crippen molar-refractivity contribution in [2.24, 2.45) is 7.05 Å². The van der Waals surface area contributed by atoms with Crippen molar-refractivity contribution in [2.45, 2.75) is 76.9 Å². The summed E-state index contributed by atoms with van der Waals surface area (Å²) in [4.78, 5) is 31.8. The molecule has 1 N–H and O–H groups in total. The molecule has 0 fully saturated rings. The number of imidazole rings is 1. The van der Waals surface area contributed by atoms with Gasteiger partial charge in [-0.05, 0) is 18.9 Å². The van der Waals surface area contributed by atoms with Gasteiger partial charge in [0.25, 0.3) is 5.56 Å². The first-order chi connectivity index (χ1) is 15.0. The molecule has 0 saturated heterocycles. The minimum Gasteiger partial charge on any atom is -0.309 e. The van der Waals surface area contributed by atoms with E-state index < -0.39 is 5.69 Å². The first kappa shape index (κ1) is 23.4. The number of hydrogen-bond donors (Lipinski definition) is 1. The van der Waals surface area contributed by atoms with Crippen LogP contribution in [0.4, 0.5) is 0 Å². The number of aromatic nitrogens is 4. The van der Waals surface area contributed by atoms with Gasteiger partial charge in [0.05, 0.1) is 6.54 Å². The summed E-state index contributed by atoms with van der Waals surface area (Å²) >= 11 is 1.67. The number of hydrogen-bond acceptors (Lipinski definition) is 4. The fraction of sp³-hybridized carbons (Fsp3) is 0.542. The Kier molecular flexibility index (Phi) is 8.58. The largest absolute Gasteiger partial charge is 0.329 e. The second kappa shape index (κ2) is 11.4. The van der Waals surface area contributed by atoms with Crippen molar-refractivity contribution in [3.05, 3.63) is 56.2 Å². The Bertz CT molecular complexity index is 1100. The standard InChI is InChI=1S/C24H34N4O2S/c1-4-5-6-7-8-9-10-11-16-31-24-25-21-20(22(29)26-23(30)27(21)3)28(24)17-19-14-12-18(2)13-15-19/h12-15H,4-11,16-17H2,1-3H3,(H,26,29,30). The number of aryl methyl sites for hydroxylation is 2. The third kappa shape index (κ3) is 6.12. The van der Waals surface area contributed by atoms with Crippen LogP contribution in [-0.2, 0) is 13.6 Å². The van der Waals surface area contributed by atoms with Gasteiger partial charge in [-0.2, -0.15) is 0 Å². The summed E-state index contributed by atoms with van der Waals surface area (Å²) in [5, 5.41) is 0.797. The molecule has 31 heavy (non-hydrogen) atoms. The van der Waals surface area contributed by atoms with E-state index in [4.69, 9.17) is 0 Å². The van der Waals surface area contributed by atoms with Crippen LogP contribution >= 0.6 is 11.8 Å². The summed E-state index contributed by atoms with van der Waals surface area (Å²) in [5.41, 5.74) is 2.39. The number of fused-ring (bicyclic) bond motifs is 1. The number of benzene rings is 1. The number of nitrogens with zero attached hydrogens (tertiary/aromatic N) is 3. The van der Waals surface area contributed by atoms with Gasteiger partial charge in [-0.15, -0.1) is 0 Å². The topological polar surface area (TPSA) is 72.7 Å². The number of unbranched alkanes of at least 4 members (excludes halogenated alkanes) is 7. The Balaban J connectivity index is 1.73. The Morgan fingerprint density at radius 1 is 0.968 bits per heavy atom. The summed E-state index contributed by atoms with van der Waals surface area (Å²) in [6.07, 6.45) is 10.2. The maximum atomic E-state index is 12.6. The number of aromatic amines is 1. The van der Waals surface area contributed by atoms with Crippen LogP contribution in [0.25, 0.3) is 11.2 Å². The average Bonchev–Trinajstić information content (AvgIpc) is 3.11. The second-order valence-corrected chi connectivity index (χ2v) is 9.34. The average molecular weight is 443 g/mol. The van der Waals surface area contributed by atoms with Gasteiger partial charge in [0.2, 0.25) is 0 Å². The second-order valence-electron chi connectivity index (χ2n) is 8.28. The van der Waals surface area contributed by atoms with Gasteiger partial charge in [0.1, 0.15) is 0 Å². The number of rotatable bonds is 12. The normalized spacial score (nSPS) is 11.5.